The normalized spacial score (nSPS) is 10.5. The van der Waals surface area contributed by atoms with E-state index in [1.54, 1.807) is 0 Å². The lowest BCUT2D eigenvalue weighted by Crippen LogP contribution is -2.04. The van der Waals surface area contributed by atoms with Crippen LogP contribution in [0, 0.1) is 13.8 Å². The standard InChI is InChI=1S/C14H14ClNO2S/c1-7-6-9(4-5-10(7)15)11-8(2)19-13(16)12(11)14(17)18-3/h4-6H,16H2,1-3H3. The van der Waals surface area contributed by atoms with Crippen LogP contribution in [-0.4, -0.2) is 13.1 Å². The van der Waals surface area contributed by atoms with Crippen molar-refractivity contribution in [2.75, 3.05) is 12.8 Å². The highest BCUT2D eigenvalue weighted by molar-refractivity contribution is 7.16. The van der Waals surface area contributed by atoms with Gasteiger partial charge in [-0.1, -0.05) is 17.7 Å². The molecule has 100 valence electrons. The first kappa shape index (κ1) is 13.9. The maximum absolute atomic E-state index is 11.9. The summed E-state index contributed by atoms with van der Waals surface area (Å²) in [6.45, 7) is 3.86. The van der Waals surface area contributed by atoms with Crippen molar-refractivity contribution in [1.82, 2.24) is 0 Å². The molecule has 0 saturated heterocycles. The van der Waals surface area contributed by atoms with Crippen molar-refractivity contribution in [1.29, 1.82) is 0 Å². The van der Waals surface area contributed by atoms with E-state index >= 15 is 0 Å². The Morgan fingerprint density at radius 2 is 2.05 bits per heavy atom. The maximum atomic E-state index is 11.9. The van der Waals surface area contributed by atoms with Gasteiger partial charge in [-0.3, -0.25) is 0 Å². The number of nitrogens with two attached hydrogens (primary N) is 1. The number of nitrogen functional groups attached to an aromatic ring is 1. The Bertz CT molecular complexity index is 649. The van der Waals surface area contributed by atoms with Crippen LogP contribution in [0.3, 0.4) is 0 Å². The molecule has 1 aromatic heterocycles. The van der Waals surface area contributed by atoms with E-state index in [1.807, 2.05) is 32.0 Å². The minimum atomic E-state index is -0.413. The first-order valence-corrected chi connectivity index (χ1v) is 6.88. The molecule has 2 rings (SSSR count). The molecule has 0 spiro atoms. The van der Waals surface area contributed by atoms with Crippen molar-refractivity contribution in [2.24, 2.45) is 0 Å². The molecule has 0 unspecified atom stereocenters. The summed E-state index contributed by atoms with van der Waals surface area (Å²) in [5, 5.41) is 1.18. The van der Waals surface area contributed by atoms with Crippen LogP contribution < -0.4 is 5.73 Å². The van der Waals surface area contributed by atoms with Crippen molar-refractivity contribution < 1.29 is 9.53 Å². The number of benzene rings is 1. The highest BCUT2D eigenvalue weighted by Crippen LogP contribution is 2.39. The average molecular weight is 296 g/mol. The lowest BCUT2D eigenvalue weighted by atomic mass is 10.00. The van der Waals surface area contributed by atoms with Crippen LogP contribution in [0.15, 0.2) is 18.2 Å². The number of hydrogen-bond acceptors (Lipinski definition) is 4. The Morgan fingerprint density at radius 1 is 1.37 bits per heavy atom. The van der Waals surface area contributed by atoms with Gasteiger partial charge in [-0.05, 0) is 37.1 Å². The molecule has 0 radical (unpaired) electrons. The quantitative estimate of drug-likeness (QED) is 0.850. The molecule has 2 N–H and O–H groups in total. The monoisotopic (exact) mass is 295 g/mol. The van der Waals surface area contributed by atoms with Crippen LogP contribution in [-0.2, 0) is 4.74 Å². The molecular formula is C14H14ClNO2S. The predicted molar refractivity (Wildman–Crippen MR) is 80.0 cm³/mol. The second kappa shape index (κ2) is 5.23. The first-order valence-electron chi connectivity index (χ1n) is 5.69. The molecule has 0 fully saturated rings. The summed E-state index contributed by atoms with van der Waals surface area (Å²) < 4.78 is 4.81. The molecule has 0 bridgehead atoms. The second-order valence-corrected chi connectivity index (χ2v) is 5.89. The lowest BCUT2D eigenvalue weighted by Gasteiger charge is -2.07. The highest BCUT2D eigenvalue weighted by atomic mass is 35.5. The fourth-order valence-electron chi connectivity index (χ4n) is 2.02. The van der Waals surface area contributed by atoms with Gasteiger partial charge in [0.15, 0.2) is 0 Å². The number of esters is 1. The lowest BCUT2D eigenvalue weighted by molar-refractivity contribution is 0.0603. The molecule has 1 heterocycles. The fourth-order valence-corrected chi connectivity index (χ4v) is 3.08. The Labute approximate surface area is 121 Å². The van der Waals surface area contributed by atoms with Gasteiger partial charge >= 0.3 is 5.97 Å². The zero-order chi connectivity index (χ0) is 14.2. The minimum absolute atomic E-state index is 0.413. The van der Waals surface area contributed by atoms with E-state index in [0.717, 1.165) is 21.6 Å². The second-order valence-electron chi connectivity index (χ2n) is 4.23. The smallest absolute Gasteiger partial charge is 0.341 e. The van der Waals surface area contributed by atoms with E-state index in [0.29, 0.717) is 15.6 Å². The summed E-state index contributed by atoms with van der Waals surface area (Å²) in [5.74, 6) is -0.413. The number of methoxy groups -OCH3 is 1. The molecular weight excluding hydrogens is 282 g/mol. The molecule has 1 aromatic carbocycles. The predicted octanol–water partition coefficient (Wildman–Crippen LogP) is 4.05. The molecule has 3 nitrogen and oxygen atoms in total. The van der Waals surface area contributed by atoms with Crippen molar-refractivity contribution in [3.63, 3.8) is 0 Å². The van der Waals surface area contributed by atoms with Gasteiger partial charge in [-0.25, -0.2) is 4.79 Å². The largest absolute Gasteiger partial charge is 0.465 e. The van der Waals surface area contributed by atoms with Crippen LogP contribution in [0.4, 0.5) is 5.00 Å². The van der Waals surface area contributed by atoms with Gasteiger partial charge in [0.2, 0.25) is 0 Å². The van der Waals surface area contributed by atoms with Crippen molar-refractivity contribution in [3.05, 3.63) is 39.2 Å². The summed E-state index contributed by atoms with van der Waals surface area (Å²) in [7, 11) is 1.35. The van der Waals surface area contributed by atoms with Crippen molar-refractivity contribution in [2.45, 2.75) is 13.8 Å². The van der Waals surface area contributed by atoms with Gasteiger partial charge in [-0.15, -0.1) is 11.3 Å². The van der Waals surface area contributed by atoms with Crippen molar-refractivity contribution >= 4 is 33.9 Å². The van der Waals surface area contributed by atoms with Crippen LogP contribution in [0.25, 0.3) is 11.1 Å². The molecule has 0 saturated carbocycles. The molecule has 0 aliphatic rings. The van der Waals surface area contributed by atoms with Crippen LogP contribution in [0.2, 0.25) is 5.02 Å². The number of halogens is 1. The number of rotatable bonds is 2. The molecule has 5 heteroatoms. The number of aryl methyl sites for hydroxylation is 2. The zero-order valence-corrected chi connectivity index (χ0v) is 12.5. The van der Waals surface area contributed by atoms with Gasteiger partial charge in [0.25, 0.3) is 0 Å². The fraction of sp³-hybridized carbons (Fsp3) is 0.214. The van der Waals surface area contributed by atoms with Gasteiger partial charge in [0, 0.05) is 15.5 Å². The SMILES string of the molecule is COC(=O)c1c(N)sc(C)c1-c1ccc(Cl)c(C)c1. The first-order chi connectivity index (χ1) is 8.95. The summed E-state index contributed by atoms with van der Waals surface area (Å²) in [6.07, 6.45) is 0. The van der Waals surface area contributed by atoms with Gasteiger partial charge in [0.05, 0.1) is 7.11 Å². The Morgan fingerprint density at radius 3 is 2.63 bits per heavy atom. The summed E-state index contributed by atoms with van der Waals surface area (Å²) in [5.41, 5.74) is 9.06. The molecule has 19 heavy (non-hydrogen) atoms. The number of thiophene rings is 1. The highest BCUT2D eigenvalue weighted by Gasteiger charge is 2.22. The molecule has 0 aliphatic carbocycles. The molecule has 0 aliphatic heterocycles. The van der Waals surface area contributed by atoms with E-state index < -0.39 is 5.97 Å². The molecule has 0 amide bonds. The van der Waals surface area contributed by atoms with Crippen LogP contribution in [0.1, 0.15) is 20.8 Å². The zero-order valence-electron chi connectivity index (χ0n) is 10.9. The Kier molecular flexibility index (Phi) is 3.83. The van der Waals surface area contributed by atoms with E-state index in [1.165, 1.54) is 18.4 Å². The van der Waals surface area contributed by atoms with E-state index in [-0.39, 0.29) is 0 Å². The number of carbonyl (C=O) groups is 1. The number of carbonyl (C=O) groups excluding carboxylic acids is 1. The molecule has 0 atom stereocenters. The summed E-state index contributed by atoms with van der Waals surface area (Å²) >= 11 is 7.42. The van der Waals surface area contributed by atoms with E-state index in [4.69, 9.17) is 22.1 Å². The third-order valence-electron chi connectivity index (χ3n) is 2.95. The molecule has 2 aromatic rings. The summed E-state index contributed by atoms with van der Waals surface area (Å²) in [6, 6.07) is 5.65. The van der Waals surface area contributed by atoms with E-state index in [2.05, 4.69) is 0 Å². The number of ether oxygens (including phenoxy) is 1. The average Bonchev–Trinajstić information content (AvgIpc) is 2.67. The number of anilines is 1. The number of hydrogen-bond donors (Lipinski definition) is 1. The minimum Gasteiger partial charge on any atom is -0.465 e. The van der Waals surface area contributed by atoms with Crippen molar-refractivity contribution in [3.8, 4) is 11.1 Å². The van der Waals surface area contributed by atoms with Crippen LogP contribution in [0.5, 0.6) is 0 Å². The van der Waals surface area contributed by atoms with E-state index in [9.17, 15) is 4.79 Å². The van der Waals surface area contributed by atoms with Crippen LogP contribution >= 0.6 is 22.9 Å². The topological polar surface area (TPSA) is 52.3 Å². The maximum Gasteiger partial charge on any atom is 0.341 e. The van der Waals surface area contributed by atoms with Gasteiger partial charge in [-0.2, -0.15) is 0 Å². The Balaban J connectivity index is 2.67. The summed E-state index contributed by atoms with van der Waals surface area (Å²) in [4.78, 5) is 12.9. The third-order valence-corrected chi connectivity index (χ3v) is 4.31. The Hall–Kier alpha value is -1.52. The third kappa shape index (κ3) is 2.46. The van der Waals surface area contributed by atoms with Gasteiger partial charge < -0.3 is 10.5 Å². The van der Waals surface area contributed by atoms with Gasteiger partial charge in [0.1, 0.15) is 10.6 Å².